The third-order valence-electron chi connectivity index (χ3n) is 3.39. The third kappa shape index (κ3) is 3.35. The van der Waals surface area contributed by atoms with Gasteiger partial charge in [-0.05, 0) is 24.7 Å². The molecule has 100 valence electrons. The maximum atomic E-state index is 6.32. The first-order valence-corrected chi connectivity index (χ1v) is 7.14. The highest BCUT2D eigenvalue weighted by atomic mass is 35.5. The van der Waals surface area contributed by atoms with E-state index in [1.807, 2.05) is 4.68 Å². The summed E-state index contributed by atoms with van der Waals surface area (Å²) >= 11 is 6.32. The van der Waals surface area contributed by atoms with E-state index in [4.69, 9.17) is 11.6 Å². The number of allylic oxidation sites excluding steroid dienone is 2. The first kappa shape index (κ1) is 13.6. The predicted molar refractivity (Wildman–Crippen MR) is 74.8 cm³/mol. The average molecular weight is 268 g/mol. The summed E-state index contributed by atoms with van der Waals surface area (Å²) in [6.45, 7) is 7.66. The van der Waals surface area contributed by atoms with Crippen molar-refractivity contribution in [3.05, 3.63) is 23.8 Å². The molecule has 0 N–H and O–H groups in total. The smallest absolute Gasteiger partial charge is 0.138 e. The van der Waals surface area contributed by atoms with Gasteiger partial charge in [-0.15, -0.1) is 11.6 Å². The van der Waals surface area contributed by atoms with Gasteiger partial charge in [0.1, 0.15) is 12.2 Å². The van der Waals surface area contributed by atoms with E-state index < -0.39 is 0 Å². The van der Waals surface area contributed by atoms with Crippen LogP contribution in [0, 0.1) is 5.41 Å². The second kappa shape index (κ2) is 5.43. The Kier molecular flexibility index (Phi) is 4.10. The number of halogens is 1. The van der Waals surface area contributed by atoms with Crippen LogP contribution in [0.1, 0.15) is 45.9 Å². The predicted octanol–water partition coefficient (Wildman–Crippen LogP) is 3.58. The Morgan fingerprint density at radius 2 is 2.28 bits per heavy atom. The zero-order chi connectivity index (χ0) is 13.2. The van der Waals surface area contributed by atoms with Crippen molar-refractivity contribution in [3.8, 4) is 0 Å². The molecule has 0 aliphatic heterocycles. The molecule has 1 heterocycles. The molecule has 0 amide bonds. The van der Waals surface area contributed by atoms with Crippen molar-refractivity contribution in [2.75, 3.05) is 0 Å². The van der Waals surface area contributed by atoms with Crippen LogP contribution in [0.25, 0.3) is 0 Å². The first-order valence-electron chi connectivity index (χ1n) is 6.70. The van der Waals surface area contributed by atoms with Gasteiger partial charge in [0.05, 0.1) is 5.38 Å². The van der Waals surface area contributed by atoms with Crippen molar-refractivity contribution in [2.45, 2.75) is 58.4 Å². The minimum atomic E-state index is 0.159. The van der Waals surface area contributed by atoms with E-state index in [0.29, 0.717) is 5.41 Å². The van der Waals surface area contributed by atoms with Crippen LogP contribution in [0.3, 0.4) is 0 Å². The summed E-state index contributed by atoms with van der Waals surface area (Å²) in [4.78, 5) is 4.37. The van der Waals surface area contributed by atoms with E-state index in [-0.39, 0.29) is 5.38 Å². The van der Waals surface area contributed by atoms with Gasteiger partial charge in [0.25, 0.3) is 0 Å². The Bertz CT molecular complexity index is 434. The highest BCUT2D eigenvalue weighted by Gasteiger charge is 2.28. The fraction of sp³-hybridized carbons (Fsp3) is 0.714. The Morgan fingerprint density at radius 3 is 2.94 bits per heavy atom. The molecular formula is C14H22ClN3. The molecule has 2 rings (SSSR count). The van der Waals surface area contributed by atoms with Crippen LogP contribution < -0.4 is 0 Å². The fourth-order valence-electron chi connectivity index (χ4n) is 2.74. The number of hydrogen-bond donors (Lipinski definition) is 0. The van der Waals surface area contributed by atoms with Crippen molar-refractivity contribution < 1.29 is 0 Å². The molecule has 0 fully saturated rings. The quantitative estimate of drug-likeness (QED) is 0.617. The summed E-state index contributed by atoms with van der Waals surface area (Å²) in [7, 11) is 0. The van der Waals surface area contributed by atoms with Crippen LogP contribution in [-0.4, -0.2) is 20.1 Å². The lowest BCUT2D eigenvalue weighted by molar-refractivity contribution is 0.319. The van der Waals surface area contributed by atoms with E-state index in [0.717, 1.165) is 38.1 Å². The molecule has 0 saturated heterocycles. The zero-order valence-corrected chi connectivity index (χ0v) is 12.2. The molecule has 0 spiro atoms. The number of nitrogens with zero attached hydrogens (tertiary/aromatic N) is 3. The monoisotopic (exact) mass is 267 g/mol. The van der Waals surface area contributed by atoms with Gasteiger partial charge in [0, 0.05) is 13.0 Å². The molecule has 0 aromatic carbocycles. The molecule has 0 bridgehead atoms. The van der Waals surface area contributed by atoms with E-state index in [1.165, 1.54) is 5.57 Å². The molecule has 1 aromatic heterocycles. The molecule has 1 atom stereocenters. The lowest BCUT2D eigenvalue weighted by atomic mass is 9.76. The maximum absolute atomic E-state index is 6.32. The first-order chi connectivity index (χ1) is 8.50. The largest absolute Gasteiger partial charge is 0.250 e. The summed E-state index contributed by atoms with van der Waals surface area (Å²) < 4.78 is 2.01. The number of aryl methyl sites for hydroxylation is 1. The normalized spacial score (nSPS) is 22.9. The number of aromatic nitrogens is 3. The lowest BCUT2D eigenvalue weighted by Gasteiger charge is -2.32. The van der Waals surface area contributed by atoms with Gasteiger partial charge >= 0.3 is 0 Å². The maximum Gasteiger partial charge on any atom is 0.138 e. The van der Waals surface area contributed by atoms with Crippen LogP contribution in [0.4, 0.5) is 0 Å². The van der Waals surface area contributed by atoms with Gasteiger partial charge in [-0.25, -0.2) is 9.67 Å². The van der Waals surface area contributed by atoms with Crippen LogP contribution in [0.15, 0.2) is 18.0 Å². The fourth-order valence-corrected chi connectivity index (χ4v) is 3.33. The molecule has 1 aliphatic carbocycles. The minimum absolute atomic E-state index is 0.159. The Balaban J connectivity index is 2.11. The van der Waals surface area contributed by atoms with Crippen LogP contribution in [0.5, 0.6) is 0 Å². The van der Waals surface area contributed by atoms with Gasteiger partial charge in [-0.3, -0.25) is 0 Å². The van der Waals surface area contributed by atoms with Crippen molar-refractivity contribution in [1.82, 2.24) is 14.8 Å². The van der Waals surface area contributed by atoms with Crippen LogP contribution in [0.2, 0.25) is 0 Å². The lowest BCUT2D eigenvalue weighted by Crippen LogP contribution is -2.23. The molecule has 18 heavy (non-hydrogen) atoms. The van der Waals surface area contributed by atoms with E-state index >= 15 is 0 Å². The molecule has 0 radical (unpaired) electrons. The molecule has 1 aliphatic rings. The second-order valence-electron chi connectivity index (χ2n) is 5.96. The summed E-state index contributed by atoms with van der Waals surface area (Å²) in [6, 6.07) is 0. The molecule has 1 aromatic rings. The Labute approximate surface area is 114 Å². The van der Waals surface area contributed by atoms with E-state index in [2.05, 4.69) is 36.9 Å². The van der Waals surface area contributed by atoms with Crippen molar-refractivity contribution in [3.63, 3.8) is 0 Å². The van der Waals surface area contributed by atoms with Crippen molar-refractivity contribution in [2.24, 2.45) is 5.41 Å². The second-order valence-corrected chi connectivity index (χ2v) is 6.52. The highest BCUT2D eigenvalue weighted by molar-refractivity contribution is 6.21. The van der Waals surface area contributed by atoms with E-state index in [9.17, 15) is 0 Å². The number of alkyl halides is 1. The van der Waals surface area contributed by atoms with E-state index in [1.54, 1.807) is 6.33 Å². The standard InChI is InChI=1S/C14H22ClN3/c1-4-5-18-13(16-10-17-18)7-11-6-12(15)9-14(2,3)8-11/h6,10,12H,4-5,7-9H2,1-3H3. The summed E-state index contributed by atoms with van der Waals surface area (Å²) in [6.07, 6.45) is 7.98. The molecule has 4 heteroatoms. The highest BCUT2D eigenvalue weighted by Crippen LogP contribution is 2.38. The molecular weight excluding hydrogens is 246 g/mol. The summed E-state index contributed by atoms with van der Waals surface area (Å²) in [5.74, 6) is 1.06. The zero-order valence-electron chi connectivity index (χ0n) is 11.5. The number of hydrogen-bond acceptors (Lipinski definition) is 2. The topological polar surface area (TPSA) is 30.7 Å². The van der Waals surface area contributed by atoms with Gasteiger partial charge in [0.15, 0.2) is 0 Å². The SMILES string of the molecule is CCCn1ncnc1CC1=CC(Cl)CC(C)(C)C1. The molecule has 1 unspecified atom stereocenters. The summed E-state index contributed by atoms with van der Waals surface area (Å²) in [5.41, 5.74) is 1.70. The molecule has 0 saturated carbocycles. The minimum Gasteiger partial charge on any atom is -0.250 e. The van der Waals surface area contributed by atoms with Gasteiger partial charge in [0.2, 0.25) is 0 Å². The average Bonchev–Trinajstić information content (AvgIpc) is 2.63. The number of rotatable bonds is 4. The van der Waals surface area contributed by atoms with Crippen molar-refractivity contribution in [1.29, 1.82) is 0 Å². The van der Waals surface area contributed by atoms with Crippen molar-refractivity contribution >= 4 is 11.6 Å². The Morgan fingerprint density at radius 1 is 1.50 bits per heavy atom. The van der Waals surface area contributed by atoms with Gasteiger partial charge < -0.3 is 0 Å². The van der Waals surface area contributed by atoms with Gasteiger partial charge in [-0.2, -0.15) is 5.10 Å². The Hall–Kier alpha value is -0.830. The third-order valence-corrected chi connectivity index (χ3v) is 3.67. The summed E-state index contributed by atoms with van der Waals surface area (Å²) in [5, 5.41) is 4.43. The van der Waals surface area contributed by atoms with Gasteiger partial charge in [-0.1, -0.05) is 32.4 Å². The van der Waals surface area contributed by atoms with Crippen LogP contribution >= 0.6 is 11.6 Å². The molecule has 3 nitrogen and oxygen atoms in total. The van der Waals surface area contributed by atoms with Crippen LogP contribution in [-0.2, 0) is 13.0 Å².